The summed E-state index contributed by atoms with van der Waals surface area (Å²) in [6.07, 6.45) is 12.4. The van der Waals surface area contributed by atoms with E-state index in [1.54, 1.807) is 11.3 Å². The van der Waals surface area contributed by atoms with Gasteiger partial charge in [-0.25, -0.2) is 14.8 Å². The molecule has 5 aliphatic rings. The molecule has 48 heavy (non-hydrogen) atoms. The maximum absolute atomic E-state index is 13.3. The third-order valence-electron chi connectivity index (χ3n) is 11.1. The van der Waals surface area contributed by atoms with E-state index in [2.05, 4.69) is 39.3 Å². The molecule has 0 unspecified atom stereocenters. The first-order chi connectivity index (χ1) is 23.3. The maximum Gasteiger partial charge on any atom is 0.358 e. The van der Waals surface area contributed by atoms with Crippen LogP contribution >= 0.6 is 22.7 Å². The quantitative estimate of drug-likeness (QED) is 0.145. The fourth-order valence-corrected chi connectivity index (χ4v) is 11.0. The molecule has 10 rings (SSSR count). The van der Waals surface area contributed by atoms with Crippen LogP contribution in [0.15, 0.2) is 36.5 Å². The molecular weight excluding hydrogens is 641 g/mol. The van der Waals surface area contributed by atoms with E-state index in [1.165, 1.54) is 49.9 Å². The summed E-state index contributed by atoms with van der Waals surface area (Å²) in [6, 6.07) is 10.2. The first-order valence-electron chi connectivity index (χ1n) is 17.3. The number of esters is 1. The molecule has 248 valence electrons. The van der Waals surface area contributed by atoms with Crippen molar-refractivity contribution in [2.75, 3.05) is 23.9 Å². The van der Waals surface area contributed by atoms with Gasteiger partial charge in [0.2, 0.25) is 0 Å². The first-order valence-corrected chi connectivity index (χ1v) is 18.9. The number of carbonyl (C=O) groups is 1. The molecule has 0 spiro atoms. The topological polar surface area (TPSA) is 111 Å². The molecule has 5 fully saturated rings. The summed E-state index contributed by atoms with van der Waals surface area (Å²) in [7, 11) is 1.93. The number of nitrogens with one attached hydrogen (secondary N) is 1. The number of carbonyl (C=O) groups excluding carboxylic acids is 1. The number of anilines is 4. The Balaban J connectivity index is 1.01. The molecule has 4 heterocycles. The van der Waals surface area contributed by atoms with Gasteiger partial charge in [-0.3, -0.25) is 4.68 Å². The highest BCUT2D eigenvalue weighted by Crippen LogP contribution is 2.60. The van der Waals surface area contributed by atoms with Crippen LogP contribution in [0.2, 0.25) is 0 Å². The fraction of sp³-hybridized carbons (Fsp3) is 0.500. The zero-order valence-corrected chi connectivity index (χ0v) is 29.2. The van der Waals surface area contributed by atoms with Crippen LogP contribution in [0, 0.1) is 30.1 Å². The van der Waals surface area contributed by atoms with Crippen molar-refractivity contribution in [1.29, 1.82) is 0 Å². The predicted octanol–water partition coefficient (Wildman–Crippen LogP) is 8.50. The Morgan fingerprint density at radius 2 is 1.81 bits per heavy atom. The third-order valence-corrected chi connectivity index (χ3v) is 13.2. The number of hydrogen-bond donors (Lipinski definition) is 1. The first kappa shape index (κ1) is 30.2. The summed E-state index contributed by atoms with van der Waals surface area (Å²) < 4.78 is 8.82. The van der Waals surface area contributed by atoms with E-state index in [0.29, 0.717) is 28.0 Å². The zero-order valence-electron chi connectivity index (χ0n) is 27.6. The minimum atomic E-state index is -0.420. The molecule has 12 heteroatoms. The van der Waals surface area contributed by atoms with E-state index in [9.17, 15) is 4.79 Å². The van der Waals surface area contributed by atoms with Crippen molar-refractivity contribution in [2.24, 2.45) is 23.2 Å². The standard InChI is InChI=1S/C36H40N8O2S2/c1-4-46-33(45)30-31(26-18-37-44(20(26)2)19-36-15-21-11-22(16-36)13-23(12-21)17-36)48-35(39-30)43(3)29-14-25(24-9-10-24)32(42-41-29)40-34-38-27-7-5-6-8-28(27)47-34/h5-8,14,18,21-24H,4,9-13,15-17,19H2,1-3H3,(H,38,40,42). The summed E-state index contributed by atoms with van der Waals surface area (Å²) in [5.74, 6) is 4.09. The number of para-hydroxylation sites is 1. The molecule has 0 atom stereocenters. The van der Waals surface area contributed by atoms with Gasteiger partial charge in [0.05, 0.1) is 27.9 Å². The predicted molar refractivity (Wildman–Crippen MR) is 190 cm³/mol. The molecule has 0 radical (unpaired) electrons. The van der Waals surface area contributed by atoms with E-state index in [-0.39, 0.29) is 6.61 Å². The molecule has 1 N–H and O–H groups in total. The van der Waals surface area contributed by atoms with E-state index in [4.69, 9.17) is 19.8 Å². The van der Waals surface area contributed by atoms with Gasteiger partial charge in [0, 0.05) is 30.4 Å². The van der Waals surface area contributed by atoms with Crippen molar-refractivity contribution in [3.63, 3.8) is 0 Å². The average molecular weight is 681 g/mol. The Hall–Kier alpha value is -3.90. The second-order valence-corrected chi connectivity index (χ2v) is 16.6. The van der Waals surface area contributed by atoms with Gasteiger partial charge >= 0.3 is 5.97 Å². The van der Waals surface area contributed by atoms with Gasteiger partial charge < -0.3 is 15.0 Å². The van der Waals surface area contributed by atoms with Gasteiger partial charge in [0.15, 0.2) is 27.6 Å². The van der Waals surface area contributed by atoms with Crippen LogP contribution in [0.5, 0.6) is 0 Å². The van der Waals surface area contributed by atoms with Crippen LogP contribution in [-0.4, -0.2) is 49.6 Å². The van der Waals surface area contributed by atoms with E-state index < -0.39 is 5.97 Å². The Morgan fingerprint density at radius 3 is 2.52 bits per heavy atom. The zero-order chi connectivity index (χ0) is 32.6. The molecule has 4 bridgehead atoms. The highest BCUT2D eigenvalue weighted by molar-refractivity contribution is 7.22. The average Bonchev–Trinajstić information content (AvgIpc) is 3.52. The van der Waals surface area contributed by atoms with Gasteiger partial charge in [-0.15, -0.1) is 10.2 Å². The summed E-state index contributed by atoms with van der Waals surface area (Å²) in [4.78, 5) is 25.6. The number of aromatic nitrogens is 6. The Labute approximate surface area is 288 Å². The van der Waals surface area contributed by atoms with E-state index >= 15 is 0 Å². The van der Waals surface area contributed by atoms with Gasteiger partial charge in [-0.05, 0) is 112 Å². The molecule has 0 aliphatic heterocycles. The summed E-state index contributed by atoms with van der Waals surface area (Å²) in [5.41, 5.74) is 4.79. The fourth-order valence-electron chi connectivity index (χ4n) is 9.09. The number of thiazole rings is 2. The molecule has 0 amide bonds. The smallest absolute Gasteiger partial charge is 0.358 e. The molecule has 1 aromatic carbocycles. The van der Waals surface area contributed by atoms with Gasteiger partial charge in [0.1, 0.15) is 0 Å². The Morgan fingerprint density at radius 1 is 1.06 bits per heavy atom. The minimum Gasteiger partial charge on any atom is -0.461 e. The summed E-state index contributed by atoms with van der Waals surface area (Å²) in [5, 5.41) is 19.1. The monoisotopic (exact) mass is 680 g/mol. The van der Waals surface area contributed by atoms with E-state index in [0.717, 1.165) is 80.0 Å². The van der Waals surface area contributed by atoms with E-state index in [1.807, 2.05) is 43.3 Å². The normalized spacial score (nSPS) is 24.4. The van der Waals surface area contributed by atoms with Crippen molar-refractivity contribution < 1.29 is 9.53 Å². The van der Waals surface area contributed by atoms with Crippen LogP contribution in [-0.2, 0) is 11.3 Å². The molecule has 0 saturated heterocycles. The lowest BCUT2D eigenvalue weighted by atomic mass is 9.49. The van der Waals surface area contributed by atoms with Gasteiger partial charge in [-0.2, -0.15) is 5.10 Å². The maximum atomic E-state index is 13.3. The Kier molecular flexibility index (Phi) is 7.30. The van der Waals surface area contributed by atoms with Crippen LogP contribution < -0.4 is 10.2 Å². The molecule has 10 nitrogen and oxygen atoms in total. The largest absolute Gasteiger partial charge is 0.461 e. The second kappa shape index (κ2) is 11.6. The highest BCUT2D eigenvalue weighted by atomic mass is 32.1. The lowest BCUT2D eigenvalue weighted by Crippen LogP contribution is -2.48. The summed E-state index contributed by atoms with van der Waals surface area (Å²) in [6.45, 7) is 5.19. The van der Waals surface area contributed by atoms with Crippen LogP contribution in [0.3, 0.4) is 0 Å². The number of ether oxygens (including phenoxy) is 1. The highest BCUT2D eigenvalue weighted by Gasteiger charge is 2.51. The van der Waals surface area contributed by atoms with Crippen molar-refractivity contribution in [3.05, 3.63) is 53.5 Å². The Bertz CT molecular complexity index is 1960. The number of fused-ring (bicyclic) bond motifs is 1. The molecule has 5 aliphatic carbocycles. The molecule has 5 aromatic rings. The van der Waals surface area contributed by atoms with Crippen molar-refractivity contribution in [1.82, 2.24) is 29.9 Å². The van der Waals surface area contributed by atoms with Crippen LogP contribution in [0.1, 0.15) is 86.0 Å². The van der Waals surface area contributed by atoms with Gasteiger partial charge in [-0.1, -0.05) is 34.8 Å². The van der Waals surface area contributed by atoms with Crippen molar-refractivity contribution in [3.8, 4) is 10.4 Å². The van der Waals surface area contributed by atoms with Crippen LogP contribution in [0.4, 0.5) is 21.9 Å². The lowest BCUT2D eigenvalue weighted by molar-refractivity contribution is -0.0638. The molecular formula is C36H40N8O2S2. The third kappa shape index (κ3) is 5.37. The summed E-state index contributed by atoms with van der Waals surface area (Å²) >= 11 is 3.08. The number of benzene rings is 1. The molecule has 4 aromatic heterocycles. The SMILES string of the molecule is CCOC(=O)c1nc(N(C)c2cc(C3CC3)c(Nc3nc4ccccc4s3)nn2)sc1-c1cnn(CC23CC4CC(CC(C4)C2)C3)c1C. The number of nitrogens with zero attached hydrogens (tertiary/aromatic N) is 7. The van der Waals surface area contributed by atoms with Crippen molar-refractivity contribution in [2.45, 2.75) is 77.7 Å². The number of hydrogen-bond acceptors (Lipinski definition) is 11. The second-order valence-electron chi connectivity index (χ2n) is 14.6. The number of rotatable bonds is 10. The molecule has 5 saturated carbocycles. The van der Waals surface area contributed by atoms with Crippen molar-refractivity contribution >= 4 is 60.8 Å². The lowest BCUT2D eigenvalue weighted by Gasteiger charge is -2.56. The minimum absolute atomic E-state index is 0.282. The van der Waals surface area contributed by atoms with Gasteiger partial charge in [0.25, 0.3) is 0 Å². The van der Waals surface area contributed by atoms with Crippen LogP contribution in [0.25, 0.3) is 20.7 Å².